The molecule has 1 saturated heterocycles. The second kappa shape index (κ2) is 6.71. The molecule has 1 aromatic carbocycles. The van der Waals surface area contributed by atoms with Crippen LogP contribution in [0.15, 0.2) is 36.5 Å². The van der Waals surface area contributed by atoms with Crippen molar-refractivity contribution in [2.75, 3.05) is 11.4 Å². The van der Waals surface area contributed by atoms with E-state index in [1.54, 1.807) is 9.80 Å². The molecule has 1 amide bonds. The lowest BCUT2D eigenvalue weighted by atomic mass is 10.1. The smallest absolute Gasteiger partial charge is 0.343 e. The Hall–Kier alpha value is -2.28. The lowest BCUT2D eigenvalue weighted by molar-refractivity contribution is -0.138. The van der Waals surface area contributed by atoms with Gasteiger partial charge < -0.3 is 9.80 Å². The minimum absolute atomic E-state index is 0.0403. The van der Waals surface area contributed by atoms with E-state index in [1.165, 1.54) is 0 Å². The molecule has 2 aromatic rings. The average molecular weight is 396 g/mol. The summed E-state index contributed by atoms with van der Waals surface area (Å²) in [5, 5.41) is -0.0887. The molecule has 4 nitrogen and oxygen atoms in total. The van der Waals surface area contributed by atoms with Gasteiger partial charge >= 0.3 is 6.18 Å². The van der Waals surface area contributed by atoms with Crippen LogP contribution in [0.4, 0.5) is 19.0 Å². The summed E-state index contributed by atoms with van der Waals surface area (Å²) in [4.78, 5) is 20.5. The van der Waals surface area contributed by atoms with E-state index in [0.717, 1.165) is 29.8 Å². The molecule has 0 aliphatic carbocycles. The largest absolute Gasteiger partial charge is 0.417 e. The number of hydrogen-bond donors (Lipinski definition) is 0. The van der Waals surface area contributed by atoms with Crippen molar-refractivity contribution in [3.63, 3.8) is 0 Å². The van der Waals surface area contributed by atoms with Crippen LogP contribution >= 0.6 is 11.6 Å². The highest BCUT2D eigenvalue weighted by molar-refractivity contribution is 6.33. The predicted octanol–water partition coefficient (Wildman–Crippen LogP) is 4.27. The van der Waals surface area contributed by atoms with E-state index in [1.807, 2.05) is 24.3 Å². The van der Waals surface area contributed by atoms with Gasteiger partial charge in [0.15, 0.2) is 0 Å². The number of carbonyl (C=O) groups excluding carboxylic acids is 1. The van der Waals surface area contributed by atoms with Crippen LogP contribution < -0.4 is 4.90 Å². The first-order valence-electron chi connectivity index (χ1n) is 8.69. The minimum atomic E-state index is -4.50. The zero-order valence-corrected chi connectivity index (χ0v) is 15.1. The first-order valence-corrected chi connectivity index (χ1v) is 9.07. The van der Waals surface area contributed by atoms with Gasteiger partial charge in [-0.1, -0.05) is 35.9 Å². The number of carbonyl (C=O) groups is 1. The molecule has 2 aliphatic rings. The van der Waals surface area contributed by atoms with Gasteiger partial charge in [0.25, 0.3) is 0 Å². The highest BCUT2D eigenvalue weighted by atomic mass is 35.5. The Morgan fingerprint density at radius 3 is 2.44 bits per heavy atom. The SMILES string of the molecule is O=C(C1CCCN1c1ncc(C(F)(F)F)cc1Cl)N1Cc2ccccc2C1. The third-order valence-corrected chi connectivity index (χ3v) is 5.39. The van der Waals surface area contributed by atoms with E-state index in [2.05, 4.69) is 4.98 Å². The fourth-order valence-corrected chi connectivity index (χ4v) is 4.05. The number of halogens is 4. The number of anilines is 1. The summed E-state index contributed by atoms with van der Waals surface area (Å²) in [5.41, 5.74) is 1.36. The molecule has 142 valence electrons. The topological polar surface area (TPSA) is 36.4 Å². The molecule has 0 N–H and O–H groups in total. The van der Waals surface area contributed by atoms with Gasteiger partial charge in [0.2, 0.25) is 5.91 Å². The van der Waals surface area contributed by atoms with Gasteiger partial charge in [0, 0.05) is 25.8 Å². The van der Waals surface area contributed by atoms with Crippen LogP contribution in [0.25, 0.3) is 0 Å². The van der Waals surface area contributed by atoms with Gasteiger partial charge in [-0.3, -0.25) is 4.79 Å². The fourth-order valence-electron chi connectivity index (χ4n) is 3.77. The molecular weight excluding hydrogens is 379 g/mol. The van der Waals surface area contributed by atoms with E-state index in [4.69, 9.17) is 11.6 Å². The lowest BCUT2D eigenvalue weighted by Gasteiger charge is -2.29. The van der Waals surface area contributed by atoms with Crippen LogP contribution in [-0.4, -0.2) is 28.4 Å². The molecule has 3 heterocycles. The highest BCUT2D eigenvalue weighted by Gasteiger charge is 2.38. The number of amides is 1. The van der Waals surface area contributed by atoms with E-state index in [0.29, 0.717) is 26.1 Å². The van der Waals surface area contributed by atoms with E-state index in [-0.39, 0.29) is 16.7 Å². The summed E-state index contributed by atoms with van der Waals surface area (Å²) in [6.07, 6.45) is -2.34. The van der Waals surface area contributed by atoms with Crippen molar-refractivity contribution in [1.29, 1.82) is 0 Å². The third-order valence-electron chi connectivity index (χ3n) is 5.11. The Morgan fingerprint density at radius 1 is 1.19 bits per heavy atom. The van der Waals surface area contributed by atoms with E-state index < -0.39 is 17.8 Å². The van der Waals surface area contributed by atoms with Crippen LogP contribution in [0, 0.1) is 0 Å². The summed E-state index contributed by atoms with van der Waals surface area (Å²) in [6, 6.07) is 8.31. The van der Waals surface area contributed by atoms with Crippen molar-refractivity contribution >= 4 is 23.3 Å². The monoisotopic (exact) mass is 395 g/mol. The maximum Gasteiger partial charge on any atom is 0.417 e. The van der Waals surface area contributed by atoms with Crippen LogP contribution in [0.3, 0.4) is 0 Å². The molecule has 0 radical (unpaired) electrons. The molecule has 1 aromatic heterocycles. The van der Waals surface area contributed by atoms with Crippen LogP contribution in [-0.2, 0) is 24.1 Å². The Bertz CT molecular complexity index is 862. The Morgan fingerprint density at radius 2 is 1.85 bits per heavy atom. The lowest BCUT2D eigenvalue weighted by Crippen LogP contribution is -2.44. The van der Waals surface area contributed by atoms with E-state index >= 15 is 0 Å². The van der Waals surface area contributed by atoms with Crippen LogP contribution in [0.1, 0.15) is 29.5 Å². The van der Waals surface area contributed by atoms with Gasteiger partial charge in [-0.05, 0) is 30.0 Å². The second-order valence-corrected chi connectivity index (χ2v) is 7.25. The maximum absolute atomic E-state index is 13.1. The number of alkyl halides is 3. The minimum Gasteiger partial charge on any atom is -0.343 e. The molecule has 27 heavy (non-hydrogen) atoms. The van der Waals surface area contributed by atoms with E-state index in [9.17, 15) is 18.0 Å². The Labute approximate surface area is 159 Å². The Kier molecular flexibility index (Phi) is 4.50. The maximum atomic E-state index is 13.1. The van der Waals surface area contributed by atoms with Gasteiger partial charge in [0.05, 0.1) is 10.6 Å². The van der Waals surface area contributed by atoms with Gasteiger partial charge in [-0.25, -0.2) is 4.98 Å². The molecule has 4 rings (SSSR count). The second-order valence-electron chi connectivity index (χ2n) is 6.84. The Balaban J connectivity index is 1.56. The highest BCUT2D eigenvalue weighted by Crippen LogP contribution is 2.36. The van der Waals surface area contributed by atoms with Gasteiger partial charge in [0.1, 0.15) is 11.9 Å². The van der Waals surface area contributed by atoms with Crippen LogP contribution in [0.2, 0.25) is 5.02 Å². The number of benzene rings is 1. The molecular formula is C19H17ClF3N3O. The normalized spacial score (nSPS) is 19.5. The molecule has 1 fully saturated rings. The molecule has 1 unspecified atom stereocenters. The summed E-state index contributed by atoms with van der Waals surface area (Å²) in [5.74, 6) is 0.193. The number of fused-ring (bicyclic) bond motifs is 1. The summed E-state index contributed by atoms with van der Waals surface area (Å²) >= 11 is 6.09. The fraction of sp³-hybridized carbons (Fsp3) is 0.368. The first kappa shape index (κ1) is 18.1. The van der Waals surface area contributed by atoms with Crippen molar-refractivity contribution in [3.8, 4) is 0 Å². The molecule has 0 bridgehead atoms. The third kappa shape index (κ3) is 3.36. The zero-order valence-electron chi connectivity index (χ0n) is 14.3. The average Bonchev–Trinajstić information content (AvgIpc) is 3.27. The summed E-state index contributed by atoms with van der Waals surface area (Å²) in [6.45, 7) is 1.64. The number of rotatable bonds is 2. The number of hydrogen-bond acceptors (Lipinski definition) is 3. The zero-order chi connectivity index (χ0) is 19.2. The molecule has 2 aliphatic heterocycles. The first-order chi connectivity index (χ1) is 12.8. The van der Waals surface area contributed by atoms with Crippen molar-refractivity contribution in [2.45, 2.75) is 38.1 Å². The summed E-state index contributed by atoms with van der Waals surface area (Å²) < 4.78 is 38.5. The number of pyridine rings is 1. The summed E-state index contributed by atoms with van der Waals surface area (Å²) in [7, 11) is 0. The van der Waals surface area contributed by atoms with Gasteiger partial charge in [-0.15, -0.1) is 0 Å². The molecule has 8 heteroatoms. The van der Waals surface area contributed by atoms with Crippen molar-refractivity contribution in [3.05, 3.63) is 58.2 Å². The quantitative estimate of drug-likeness (QED) is 0.762. The van der Waals surface area contributed by atoms with Crippen molar-refractivity contribution in [2.24, 2.45) is 0 Å². The number of aromatic nitrogens is 1. The molecule has 0 saturated carbocycles. The van der Waals surface area contributed by atoms with Gasteiger partial charge in [-0.2, -0.15) is 13.2 Å². The van der Waals surface area contributed by atoms with Crippen LogP contribution in [0.5, 0.6) is 0 Å². The van der Waals surface area contributed by atoms with Crippen molar-refractivity contribution in [1.82, 2.24) is 9.88 Å². The predicted molar refractivity (Wildman–Crippen MR) is 95.3 cm³/mol. The molecule has 1 atom stereocenters. The standard InChI is InChI=1S/C19H17ClF3N3O/c20-15-8-14(19(21,22)23)9-24-17(15)26-7-3-6-16(26)18(27)25-10-12-4-1-2-5-13(12)11-25/h1-2,4-5,8-9,16H,3,6-7,10-11H2. The number of nitrogens with zero attached hydrogens (tertiary/aromatic N) is 3. The molecule has 0 spiro atoms. The van der Waals surface area contributed by atoms with Crippen molar-refractivity contribution < 1.29 is 18.0 Å².